The molecule has 0 aliphatic carbocycles. The van der Waals surface area contributed by atoms with Crippen LogP contribution in [0.4, 0.5) is 5.69 Å². The van der Waals surface area contributed by atoms with E-state index in [1.165, 1.54) is 0 Å². The zero-order chi connectivity index (χ0) is 18.9. The van der Waals surface area contributed by atoms with Crippen molar-refractivity contribution in [1.29, 1.82) is 0 Å². The summed E-state index contributed by atoms with van der Waals surface area (Å²) in [5, 5.41) is 0. The van der Waals surface area contributed by atoms with Gasteiger partial charge in [0.2, 0.25) is 5.88 Å². The predicted octanol–water partition coefficient (Wildman–Crippen LogP) is 4.86. The molecule has 0 amide bonds. The summed E-state index contributed by atoms with van der Waals surface area (Å²) in [6, 6.07) is 9.77. The molecule has 6 heteroatoms. The normalized spacial score (nSPS) is 11.3. The van der Waals surface area contributed by atoms with Crippen molar-refractivity contribution in [1.82, 2.24) is 9.88 Å². The number of hydrogen-bond donors (Lipinski definition) is 0. The molecule has 0 aliphatic rings. The van der Waals surface area contributed by atoms with Crippen LogP contribution in [0.3, 0.4) is 0 Å². The molecule has 0 spiro atoms. The van der Waals surface area contributed by atoms with E-state index in [4.69, 9.17) is 9.47 Å². The molecule has 138 valence electrons. The lowest BCUT2D eigenvalue weighted by Crippen LogP contribution is -2.14. The number of ether oxygens (including phenoxy) is 2. The molecule has 2 rings (SSSR count). The van der Waals surface area contributed by atoms with E-state index < -0.39 is 0 Å². The number of benzene rings is 1. The highest BCUT2D eigenvalue weighted by molar-refractivity contribution is 9.10. The van der Waals surface area contributed by atoms with E-state index in [2.05, 4.69) is 32.8 Å². The minimum Gasteiger partial charge on any atom is -0.497 e. The van der Waals surface area contributed by atoms with Gasteiger partial charge in [-0.2, -0.15) is 0 Å². The van der Waals surface area contributed by atoms with E-state index in [0.29, 0.717) is 12.5 Å². The molecule has 5 nitrogen and oxygen atoms in total. The van der Waals surface area contributed by atoms with Crippen LogP contribution in [0.2, 0.25) is 0 Å². The number of aryl methyl sites for hydroxylation is 1. The van der Waals surface area contributed by atoms with Crippen molar-refractivity contribution < 1.29 is 9.47 Å². The van der Waals surface area contributed by atoms with Crippen LogP contribution in [-0.4, -0.2) is 43.5 Å². The smallest absolute Gasteiger partial charge is 0.228 e. The molecule has 0 radical (unpaired) electrons. The molecule has 1 aromatic carbocycles. The molecule has 26 heavy (non-hydrogen) atoms. The predicted molar refractivity (Wildman–Crippen MR) is 111 cm³/mol. The standard InChI is InChI=1S/C20H24BrN3O2/c1-5-24(3)14-22-19-13-18(21)20(23-15(19)2)26-11-7-9-16-8-6-10-17(12-16)25-4/h6-10,12-14H,5,11H2,1-4H3/b9-7-,22-14+. The Kier molecular flexibility index (Phi) is 7.66. The van der Waals surface area contributed by atoms with Crippen LogP contribution in [0.15, 0.2) is 45.9 Å². The van der Waals surface area contributed by atoms with Crippen molar-refractivity contribution in [3.63, 3.8) is 0 Å². The van der Waals surface area contributed by atoms with Gasteiger partial charge in [0.05, 0.1) is 29.3 Å². The lowest BCUT2D eigenvalue weighted by molar-refractivity contribution is 0.346. The number of nitrogens with zero attached hydrogens (tertiary/aromatic N) is 3. The second-order valence-electron chi connectivity index (χ2n) is 5.69. The molecule has 2 aromatic rings. The first kappa shape index (κ1) is 20.0. The van der Waals surface area contributed by atoms with Gasteiger partial charge in [-0.1, -0.05) is 18.2 Å². The first-order chi connectivity index (χ1) is 12.5. The Morgan fingerprint density at radius 3 is 2.85 bits per heavy atom. The number of pyridine rings is 1. The minimum absolute atomic E-state index is 0.420. The molecule has 0 bridgehead atoms. The Labute approximate surface area is 163 Å². The number of halogens is 1. The van der Waals surface area contributed by atoms with Crippen LogP contribution in [0.25, 0.3) is 6.08 Å². The lowest BCUT2D eigenvalue weighted by Gasteiger charge is -2.10. The summed E-state index contributed by atoms with van der Waals surface area (Å²) in [5.41, 5.74) is 2.69. The third kappa shape index (κ3) is 5.88. The Balaban J connectivity index is 2.00. The summed E-state index contributed by atoms with van der Waals surface area (Å²) in [5.74, 6) is 1.39. The van der Waals surface area contributed by atoms with Crippen molar-refractivity contribution in [2.45, 2.75) is 13.8 Å². The van der Waals surface area contributed by atoms with Crippen molar-refractivity contribution in [3.05, 3.63) is 52.1 Å². The third-order valence-electron chi connectivity index (χ3n) is 3.72. The van der Waals surface area contributed by atoms with Crippen molar-refractivity contribution in [2.24, 2.45) is 4.99 Å². The van der Waals surface area contributed by atoms with Crippen LogP contribution in [0, 0.1) is 6.92 Å². The fourth-order valence-corrected chi connectivity index (χ4v) is 2.50. The summed E-state index contributed by atoms with van der Waals surface area (Å²) in [6.07, 6.45) is 5.73. The summed E-state index contributed by atoms with van der Waals surface area (Å²) in [4.78, 5) is 11.0. The number of aromatic nitrogens is 1. The van der Waals surface area contributed by atoms with Crippen LogP contribution < -0.4 is 9.47 Å². The van der Waals surface area contributed by atoms with E-state index in [-0.39, 0.29) is 0 Å². The van der Waals surface area contributed by atoms with Gasteiger partial charge in [-0.05, 0) is 59.6 Å². The van der Waals surface area contributed by atoms with Gasteiger partial charge in [0, 0.05) is 13.6 Å². The molecule has 0 N–H and O–H groups in total. The van der Waals surface area contributed by atoms with Gasteiger partial charge in [0.25, 0.3) is 0 Å². The summed E-state index contributed by atoms with van der Waals surface area (Å²) >= 11 is 3.51. The van der Waals surface area contributed by atoms with Crippen LogP contribution in [-0.2, 0) is 0 Å². The fraction of sp³-hybridized carbons (Fsp3) is 0.300. The van der Waals surface area contributed by atoms with Gasteiger partial charge in [-0.25, -0.2) is 9.98 Å². The second kappa shape index (κ2) is 9.97. The van der Waals surface area contributed by atoms with Gasteiger partial charge in [-0.3, -0.25) is 0 Å². The maximum absolute atomic E-state index is 5.76. The molecule has 0 atom stereocenters. The van der Waals surface area contributed by atoms with Gasteiger partial charge in [-0.15, -0.1) is 0 Å². The molecule has 0 saturated carbocycles. The average Bonchev–Trinajstić information content (AvgIpc) is 2.66. The minimum atomic E-state index is 0.420. The topological polar surface area (TPSA) is 47.0 Å². The Hall–Kier alpha value is -2.34. The van der Waals surface area contributed by atoms with Crippen LogP contribution >= 0.6 is 15.9 Å². The maximum Gasteiger partial charge on any atom is 0.228 e. The van der Waals surface area contributed by atoms with Crippen LogP contribution in [0.1, 0.15) is 18.2 Å². The zero-order valence-electron chi connectivity index (χ0n) is 15.6. The first-order valence-corrected chi connectivity index (χ1v) is 9.17. The maximum atomic E-state index is 5.76. The zero-order valence-corrected chi connectivity index (χ0v) is 17.2. The number of rotatable bonds is 8. The van der Waals surface area contributed by atoms with Crippen LogP contribution in [0.5, 0.6) is 11.6 Å². The number of hydrogen-bond acceptors (Lipinski definition) is 4. The van der Waals surface area contributed by atoms with E-state index in [1.807, 2.05) is 61.4 Å². The quantitative estimate of drug-likeness (QED) is 0.454. The molecule has 0 aliphatic heterocycles. The molecule has 1 heterocycles. The molecule has 0 fully saturated rings. The fourth-order valence-electron chi connectivity index (χ4n) is 2.08. The monoisotopic (exact) mass is 417 g/mol. The summed E-state index contributed by atoms with van der Waals surface area (Å²) in [6.45, 7) is 5.31. The Morgan fingerprint density at radius 1 is 1.31 bits per heavy atom. The van der Waals surface area contributed by atoms with E-state index in [1.54, 1.807) is 13.4 Å². The van der Waals surface area contributed by atoms with E-state index in [0.717, 1.165) is 33.7 Å². The molecular formula is C20H24BrN3O2. The lowest BCUT2D eigenvalue weighted by atomic mass is 10.2. The van der Waals surface area contributed by atoms with E-state index in [9.17, 15) is 0 Å². The molecule has 0 saturated heterocycles. The molecule has 1 aromatic heterocycles. The molecular weight excluding hydrogens is 394 g/mol. The average molecular weight is 418 g/mol. The molecule has 0 unspecified atom stereocenters. The van der Waals surface area contributed by atoms with Gasteiger partial charge < -0.3 is 14.4 Å². The number of aliphatic imine (C=N–C) groups is 1. The largest absolute Gasteiger partial charge is 0.497 e. The van der Waals surface area contributed by atoms with Crippen molar-refractivity contribution in [2.75, 3.05) is 27.3 Å². The highest BCUT2D eigenvalue weighted by atomic mass is 79.9. The highest BCUT2D eigenvalue weighted by Crippen LogP contribution is 2.29. The first-order valence-electron chi connectivity index (χ1n) is 8.38. The third-order valence-corrected chi connectivity index (χ3v) is 4.29. The Bertz CT molecular complexity index is 791. The summed E-state index contributed by atoms with van der Waals surface area (Å²) < 4.78 is 11.8. The van der Waals surface area contributed by atoms with E-state index >= 15 is 0 Å². The second-order valence-corrected chi connectivity index (χ2v) is 6.54. The van der Waals surface area contributed by atoms with Gasteiger partial charge in [0.1, 0.15) is 12.4 Å². The SMILES string of the molecule is CCN(C)/C=N/c1cc(Br)c(OC/C=C\c2cccc(OC)c2)nc1C. The van der Waals surface area contributed by atoms with Gasteiger partial charge >= 0.3 is 0 Å². The Morgan fingerprint density at radius 2 is 2.12 bits per heavy atom. The van der Waals surface area contributed by atoms with Crippen molar-refractivity contribution in [3.8, 4) is 11.6 Å². The van der Waals surface area contributed by atoms with Crippen molar-refractivity contribution >= 4 is 34.0 Å². The highest BCUT2D eigenvalue weighted by Gasteiger charge is 2.07. The number of methoxy groups -OCH3 is 1. The summed E-state index contributed by atoms with van der Waals surface area (Å²) in [7, 11) is 3.64. The van der Waals surface area contributed by atoms with Gasteiger partial charge in [0.15, 0.2) is 0 Å².